The van der Waals surface area contributed by atoms with Gasteiger partial charge in [-0.1, -0.05) is 0 Å². The molecule has 2 aliphatic rings. The van der Waals surface area contributed by atoms with E-state index in [1.807, 2.05) is 0 Å². The Morgan fingerprint density at radius 3 is 2.53 bits per heavy atom. The Bertz CT molecular complexity index is 377. The number of hydrogen-bond acceptors (Lipinski definition) is 4. The van der Waals surface area contributed by atoms with E-state index in [0.717, 1.165) is 45.4 Å². The maximum atomic E-state index is 12.2. The standard InChI is InChI=1S/C13H27N3O2S/c1-11(2)16-8-5-12(10-16)9-15-19(17,18)13-3-6-14-7-4-13/h11-15H,3-10H2,1-2H3. The van der Waals surface area contributed by atoms with Crippen molar-refractivity contribution in [1.82, 2.24) is 14.9 Å². The normalized spacial score (nSPS) is 27.2. The molecule has 2 heterocycles. The van der Waals surface area contributed by atoms with Gasteiger partial charge in [0.05, 0.1) is 5.25 Å². The summed E-state index contributed by atoms with van der Waals surface area (Å²) < 4.78 is 27.3. The quantitative estimate of drug-likeness (QED) is 0.768. The molecule has 19 heavy (non-hydrogen) atoms. The molecule has 0 aromatic rings. The average molecular weight is 289 g/mol. The minimum absolute atomic E-state index is 0.198. The summed E-state index contributed by atoms with van der Waals surface area (Å²) in [5, 5.41) is 3.01. The van der Waals surface area contributed by atoms with Gasteiger partial charge < -0.3 is 10.2 Å². The van der Waals surface area contributed by atoms with Gasteiger partial charge in [0.15, 0.2) is 0 Å². The second kappa shape index (κ2) is 6.52. The lowest BCUT2D eigenvalue weighted by molar-refractivity contribution is 0.265. The third-order valence-electron chi connectivity index (χ3n) is 4.35. The van der Waals surface area contributed by atoms with Crippen molar-refractivity contribution >= 4 is 10.0 Å². The van der Waals surface area contributed by atoms with Crippen LogP contribution in [-0.2, 0) is 10.0 Å². The smallest absolute Gasteiger partial charge is 0.214 e. The van der Waals surface area contributed by atoms with Crippen molar-refractivity contribution in [3.05, 3.63) is 0 Å². The van der Waals surface area contributed by atoms with E-state index in [-0.39, 0.29) is 5.25 Å². The Kier molecular flexibility index (Phi) is 5.22. The van der Waals surface area contributed by atoms with Crippen LogP contribution in [0.2, 0.25) is 0 Å². The van der Waals surface area contributed by atoms with Crippen LogP contribution < -0.4 is 10.0 Å². The van der Waals surface area contributed by atoms with Gasteiger partial charge in [-0.2, -0.15) is 0 Å². The van der Waals surface area contributed by atoms with Gasteiger partial charge in [-0.15, -0.1) is 0 Å². The van der Waals surface area contributed by atoms with Crippen molar-refractivity contribution in [1.29, 1.82) is 0 Å². The van der Waals surface area contributed by atoms with Gasteiger partial charge >= 0.3 is 0 Å². The van der Waals surface area contributed by atoms with Gasteiger partial charge in [-0.05, 0) is 58.7 Å². The van der Waals surface area contributed by atoms with Gasteiger partial charge in [0.1, 0.15) is 0 Å². The summed E-state index contributed by atoms with van der Waals surface area (Å²) in [6.07, 6.45) is 2.57. The zero-order valence-corrected chi connectivity index (χ0v) is 12.9. The minimum atomic E-state index is -3.12. The van der Waals surface area contributed by atoms with E-state index in [4.69, 9.17) is 0 Å². The molecule has 0 radical (unpaired) electrons. The number of rotatable bonds is 5. The third kappa shape index (κ3) is 4.15. The molecule has 0 spiro atoms. The first-order valence-electron chi connectivity index (χ1n) is 7.42. The van der Waals surface area contributed by atoms with Crippen molar-refractivity contribution < 1.29 is 8.42 Å². The molecular formula is C13H27N3O2S. The van der Waals surface area contributed by atoms with E-state index in [9.17, 15) is 8.42 Å². The zero-order valence-electron chi connectivity index (χ0n) is 12.1. The summed E-state index contributed by atoms with van der Waals surface area (Å²) >= 11 is 0. The fourth-order valence-electron chi connectivity index (χ4n) is 2.96. The second-order valence-corrected chi connectivity index (χ2v) is 8.13. The first kappa shape index (κ1) is 15.2. The zero-order chi connectivity index (χ0) is 13.9. The summed E-state index contributed by atoms with van der Waals surface area (Å²) in [4.78, 5) is 2.42. The number of sulfonamides is 1. The molecule has 2 fully saturated rings. The molecular weight excluding hydrogens is 262 g/mol. The predicted octanol–water partition coefficient (Wildman–Crippen LogP) is 0.388. The van der Waals surface area contributed by atoms with Crippen LogP contribution in [0.4, 0.5) is 0 Å². The van der Waals surface area contributed by atoms with Crippen molar-refractivity contribution in [2.45, 2.75) is 44.4 Å². The largest absolute Gasteiger partial charge is 0.317 e. The Morgan fingerprint density at radius 2 is 1.95 bits per heavy atom. The second-order valence-electron chi connectivity index (χ2n) is 6.09. The molecule has 2 aliphatic heterocycles. The number of hydrogen-bond donors (Lipinski definition) is 2. The SMILES string of the molecule is CC(C)N1CCC(CNS(=O)(=O)C2CCNCC2)C1. The van der Waals surface area contributed by atoms with Crippen LogP contribution >= 0.6 is 0 Å². The van der Waals surface area contributed by atoms with E-state index in [1.165, 1.54) is 0 Å². The van der Waals surface area contributed by atoms with Crippen LogP contribution in [0, 0.1) is 5.92 Å². The number of likely N-dealkylation sites (tertiary alicyclic amines) is 1. The molecule has 1 atom stereocenters. The molecule has 2 rings (SSSR count). The summed E-state index contributed by atoms with van der Waals surface area (Å²) in [5.41, 5.74) is 0. The molecule has 1 unspecified atom stereocenters. The van der Waals surface area contributed by atoms with Crippen molar-refractivity contribution in [3.63, 3.8) is 0 Å². The first-order valence-corrected chi connectivity index (χ1v) is 8.97. The van der Waals surface area contributed by atoms with E-state index < -0.39 is 10.0 Å². The lowest BCUT2D eigenvalue weighted by Gasteiger charge is -2.24. The summed E-state index contributed by atoms with van der Waals surface area (Å²) in [5.74, 6) is 0.471. The van der Waals surface area contributed by atoms with Crippen LogP contribution in [0.5, 0.6) is 0 Å². The molecule has 2 N–H and O–H groups in total. The van der Waals surface area contributed by atoms with Gasteiger partial charge in [-0.25, -0.2) is 13.1 Å². The Morgan fingerprint density at radius 1 is 1.26 bits per heavy atom. The van der Waals surface area contributed by atoms with Gasteiger partial charge in [0, 0.05) is 19.1 Å². The highest BCUT2D eigenvalue weighted by Crippen LogP contribution is 2.19. The van der Waals surface area contributed by atoms with Crippen LogP contribution in [0.3, 0.4) is 0 Å². The van der Waals surface area contributed by atoms with Gasteiger partial charge in [0.2, 0.25) is 10.0 Å². The maximum Gasteiger partial charge on any atom is 0.214 e. The summed E-state index contributed by atoms with van der Waals surface area (Å²) in [6.45, 7) is 8.74. The van der Waals surface area contributed by atoms with E-state index in [2.05, 4.69) is 28.8 Å². The average Bonchev–Trinajstić information content (AvgIpc) is 2.87. The van der Waals surface area contributed by atoms with E-state index >= 15 is 0 Å². The molecule has 6 heteroatoms. The fraction of sp³-hybridized carbons (Fsp3) is 1.00. The predicted molar refractivity (Wildman–Crippen MR) is 77.6 cm³/mol. The van der Waals surface area contributed by atoms with Crippen molar-refractivity contribution in [3.8, 4) is 0 Å². The summed E-state index contributed by atoms with van der Waals surface area (Å²) in [6, 6.07) is 0.561. The highest BCUT2D eigenvalue weighted by molar-refractivity contribution is 7.90. The van der Waals surface area contributed by atoms with E-state index in [0.29, 0.717) is 18.5 Å². The van der Waals surface area contributed by atoms with Crippen LogP contribution in [0.25, 0.3) is 0 Å². The Labute approximate surface area is 117 Å². The monoisotopic (exact) mass is 289 g/mol. The lowest BCUT2D eigenvalue weighted by atomic mass is 10.1. The lowest BCUT2D eigenvalue weighted by Crippen LogP contribution is -2.43. The highest BCUT2D eigenvalue weighted by atomic mass is 32.2. The molecule has 112 valence electrons. The highest BCUT2D eigenvalue weighted by Gasteiger charge is 2.29. The van der Waals surface area contributed by atoms with Crippen LogP contribution in [-0.4, -0.2) is 57.3 Å². The molecule has 0 aromatic heterocycles. The fourth-order valence-corrected chi connectivity index (χ4v) is 4.52. The molecule has 0 bridgehead atoms. The summed E-state index contributed by atoms with van der Waals surface area (Å²) in [7, 11) is -3.12. The van der Waals surface area contributed by atoms with Crippen LogP contribution in [0.15, 0.2) is 0 Å². The number of piperidine rings is 1. The molecule has 0 saturated carbocycles. The molecule has 2 saturated heterocycles. The van der Waals surface area contributed by atoms with Gasteiger partial charge in [-0.3, -0.25) is 0 Å². The van der Waals surface area contributed by atoms with Crippen molar-refractivity contribution in [2.24, 2.45) is 5.92 Å². The number of nitrogens with zero attached hydrogens (tertiary/aromatic N) is 1. The van der Waals surface area contributed by atoms with Crippen LogP contribution in [0.1, 0.15) is 33.1 Å². The Hall–Kier alpha value is -0.170. The minimum Gasteiger partial charge on any atom is -0.317 e. The Balaban J connectivity index is 1.78. The van der Waals surface area contributed by atoms with Crippen molar-refractivity contribution in [2.75, 3.05) is 32.7 Å². The number of nitrogens with one attached hydrogen (secondary N) is 2. The van der Waals surface area contributed by atoms with E-state index in [1.54, 1.807) is 0 Å². The molecule has 0 amide bonds. The maximum absolute atomic E-state index is 12.2. The third-order valence-corrected chi connectivity index (χ3v) is 6.26. The molecule has 0 aliphatic carbocycles. The molecule has 0 aromatic carbocycles. The van der Waals surface area contributed by atoms with Gasteiger partial charge in [0.25, 0.3) is 0 Å². The first-order chi connectivity index (χ1) is 8.99. The topological polar surface area (TPSA) is 61.4 Å². The molecule has 5 nitrogen and oxygen atoms in total.